The van der Waals surface area contributed by atoms with Gasteiger partial charge in [-0.3, -0.25) is 9.36 Å². The smallest absolute Gasteiger partial charge is 0.231 e. The zero-order valence-corrected chi connectivity index (χ0v) is 7.27. The summed E-state index contributed by atoms with van der Waals surface area (Å²) in [5.41, 5.74) is 0. The molecule has 0 fully saturated rings. The molecule has 0 aliphatic rings. The highest BCUT2D eigenvalue weighted by Gasteiger charge is 2.21. The van der Waals surface area contributed by atoms with Crippen molar-refractivity contribution in [2.45, 2.75) is 6.92 Å². The van der Waals surface area contributed by atoms with Gasteiger partial charge in [-0.05, 0) is 6.92 Å². The van der Waals surface area contributed by atoms with Gasteiger partial charge in [-0.15, -0.1) is 0 Å². The highest BCUT2D eigenvalue weighted by atomic mass is 31.2. The number of hydrogen-bond donors (Lipinski definition) is 0. The first-order valence-electron chi connectivity index (χ1n) is 2.75. The number of carbonyl (C=O) groups excluding carboxylic acids is 1. The highest BCUT2D eigenvalue weighted by molar-refractivity contribution is 7.63. The molecule has 0 heterocycles. The molecule has 4 heteroatoms. The van der Waals surface area contributed by atoms with Crippen molar-refractivity contribution in [3.63, 3.8) is 0 Å². The first-order valence-corrected chi connectivity index (χ1v) is 4.82. The van der Waals surface area contributed by atoms with Gasteiger partial charge in [-0.2, -0.15) is 0 Å². The molecular formula is C6H11O3P. The molecule has 0 aliphatic carbocycles. The van der Waals surface area contributed by atoms with Gasteiger partial charge in [0, 0.05) is 13.8 Å². The number of ketones is 1. The maximum atomic E-state index is 11.2. The Kier molecular flexibility index (Phi) is 3.00. The van der Waals surface area contributed by atoms with Crippen molar-refractivity contribution >= 4 is 13.2 Å². The molecule has 1 atom stereocenters. The molecule has 10 heavy (non-hydrogen) atoms. The zero-order chi connectivity index (χ0) is 8.36. The minimum Gasteiger partial charge on any atom is -0.329 e. The third kappa shape index (κ3) is 2.09. The monoisotopic (exact) mass is 162 g/mol. The summed E-state index contributed by atoms with van der Waals surface area (Å²) in [6.45, 7) is 6.05. The molecule has 0 amide bonds. The molecule has 0 radical (unpaired) electrons. The van der Waals surface area contributed by atoms with E-state index in [4.69, 9.17) is 0 Å². The Morgan fingerprint density at radius 2 is 2.00 bits per heavy atom. The number of hydrogen-bond acceptors (Lipinski definition) is 3. The van der Waals surface area contributed by atoms with Crippen LogP contribution in [0.4, 0.5) is 0 Å². The number of rotatable bonds is 3. The second-order valence-corrected chi connectivity index (χ2v) is 4.63. The summed E-state index contributed by atoms with van der Waals surface area (Å²) in [7, 11) is -1.56. The molecule has 0 aromatic rings. The van der Waals surface area contributed by atoms with Crippen LogP contribution >= 0.6 is 7.37 Å². The van der Waals surface area contributed by atoms with E-state index in [2.05, 4.69) is 11.1 Å². The van der Waals surface area contributed by atoms with Crippen LogP contribution < -0.4 is 0 Å². The molecule has 0 saturated heterocycles. The molecule has 58 valence electrons. The Labute approximate surface area is 60.5 Å². The predicted molar refractivity (Wildman–Crippen MR) is 40.4 cm³/mol. The number of Topliss-reactive ketones (excluding diaryl/α,β-unsaturated/α-hetero) is 1. The minimum absolute atomic E-state index is 0.0648. The lowest BCUT2D eigenvalue weighted by Gasteiger charge is -2.09. The molecule has 0 rings (SSSR count). The highest BCUT2D eigenvalue weighted by Crippen LogP contribution is 2.49. The molecule has 0 aliphatic heterocycles. The van der Waals surface area contributed by atoms with Crippen LogP contribution in [0.1, 0.15) is 6.92 Å². The van der Waals surface area contributed by atoms with Crippen LogP contribution in [0.25, 0.3) is 0 Å². The van der Waals surface area contributed by atoms with Gasteiger partial charge in [0.05, 0.1) is 5.31 Å². The number of allylic oxidation sites excluding steroid dienone is 1. The topological polar surface area (TPSA) is 43.4 Å². The SMILES string of the molecule is C=C(C(C)=O)P(C)(=O)OC. The fraction of sp³-hybridized carbons (Fsp3) is 0.500. The van der Waals surface area contributed by atoms with Crippen LogP contribution in [0.3, 0.4) is 0 Å². The maximum Gasteiger partial charge on any atom is 0.231 e. The first-order chi connectivity index (χ1) is 4.41. The van der Waals surface area contributed by atoms with E-state index in [1.54, 1.807) is 0 Å². The lowest BCUT2D eigenvalue weighted by Crippen LogP contribution is -1.96. The average molecular weight is 162 g/mol. The predicted octanol–water partition coefficient (Wildman–Crippen LogP) is 1.64. The lowest BCUT2D eigenvalue weighted by molar-refractivity contribution is -0.113. The Bertz CT molecular complexity index is 207. The fourth-order valence-electron chi connectivity index (χ4n) is 0.396. The first kappa shape index (κ1) is 9.60. The molecule has 0 saturated carbocycles. The summed E-state index contributed by atoms with van der Waals surface area (Å²) in [5.74, 6) is -0.285. The van der Waals surface area contributed by atoms with E-state index < -0.39 is 7.37 Å². The van der Waals surface area contributed by atoms with Crippen LogP contribution in [0.5, 0.6) is 0 Å². The van der Waals surface area contributed by atoms with Gasteiger partial charge in [-0.25, -0.2) is 0 Å². The van der Waals surface area contributed by atoms with Gasteiger partial charge < -0.3 is 4.52 Å². The Morgan fingerprint density at radius 1 is 1.60 bits per heavy atom. The number of carbonyl (C=O) groups is 1. The maximum absolute atomic E-state index is 11.2. The van der Waals surface area contributed by atoms with Crippen molar-refractivity contribution in [3.05, 3.63) is 11.9 Å². The fourth-order valence-corrected chi connectivity index (χ4v) is 1.19. The summed E-state index contributed by atoms with van der Waals surface area (Å²) >= 11 is 0. The normalized spacial score (nSPS) is 15.9. The van der Waals surface area contributed by atoms with Gasteiger partial charge >= 0.3 is 0 Å². The van der Waals surface area contributed by atoms with Gasteiger partial charge in [0.1, 0.15) is 0 Å². The van der Waals surface area contributed by atoms with Crippen LogP contribution in [-0.2, 0) is 13.9 Å². The lowest BCUT2D eigenvalue weighted by atomic mass is 10.4. The van der Waals surface area contributed by atoms with Crippen LogP contribution in [0.2, 0.25) is 0 Å². The van der Waals surface area contributed by atoms with Crippen LogP contribution in [-0.4, -0.2) is 19.6 Å². The van der Waals surface area contributed by atoms with E-state index in [0.29, 0.717) is 0 Å². The van der Waals surface area contributed by atoms with E-state index in [1.165, 1.54) is 20.7 Å². The Balaban J connectivity index is 4.51. The van der Waals surface area contributed by atoms with Crippen molar-refractivity contribution in [1.82, 2.24) is 0 Å². The molecule has 0 aromatic carbocycles. The minimum atomic E-state index is -2.86. The van der Waals surface area contributed by atoms with Crippen molar-refractivity contribution in [3.8, 4) is 0 Å². The van der Waals surface area contributed by atoms with E-state index >= 15 is 0 Å². The largest absolute Gasteiger partial charge is 0.329 e. The van der Waals surface area contributed by atoms with Gasteiger partial charge in [0.25, 0.3) is 0 Å². The van der Waals surface area contributed by atoms with Gasteiger partial charge in [0.15, 0.2) is 5.78 Å². The van der Waals surface area contributed by atoms with Crippen molar-refractivity contribution in [2.75, 3.05) is 13.8 Å². The zero-order valence-electron chi connectivity index (χ0n) is 6.38. The Hall–Kier alpha value is -0.400. The van der Waals surface area contributed by atoms with E-state index in [9.17, 15) is 9.36 Å². The van der Waals surface area contributed by atoms with E-state index in [1.807, 2.05) is 0 Å². The summed E-state index contributed by atoms with van der Waals surface area (Å²) in [5, 5.41) is 0.0648. The van der Waals surface area contributed by atoms with E-state index in [-0.39, 0.29) is 11.1 Å². The van der Waals surface area contributed by atoms with Gasteiger partial charge in [-0.1, -0.05) is 6.58 Å². The molecule has 3 nitrogen and oxygen atoms in total. The second kappa shape index (κ2) is 3.13. The summed E-state index contributed by atoms with van der Waals surface area (Å²) in [6.07, 6.45) is 0. The van der Waals surface area contributed by atoms with E-state index in [0.717, 1.165) is 0 Å². The molecule has 0 spiro atoms. The van der Waals surface area contributed by atoms with Crippen LogP contribution in [0.15, 0.2) is 11.9 Å². The van der Waals surface area contributed by atoms with Gasteiger partial charge in [0.2, 0.25) is 7.37 Å². The third-order valence-corrected chi connectivity index (χ3v) is 3.24. The summed E-state index contributed by atoms with van der Waals surface area (Å²) in [4.78, 5) is 10.6. The molecule has 1 unspecified atom stereocenters. The third-order valence-electron chi connectivity index (χ3n) is 1.25. The average Bonchev–Trinajstić information content (AvgIpc) is 1.86. The molecule has 0 bridgehead atoms. The molecule has 0 aromatic heterocycles. The molecular weight excluding hydrogens is 151 g/mol. The summed E-state index contributed by atoms with van der Waals surface area (Å²) in [6, 6.07) is 0. The standard InChI is InChI=1S/C6H11O3P/c1-5(7)6(2)10(4,8)9-3/h2H2,1,3-4H3. The summed E-state index contributed by atoms with van der Waals surface area (Å²) < 4.78 is 15.8. The van der Waals surface area contributed by atoms with Crippen molar-refractivity contribution in [1.29, 1.82) is 0 Å². The van der Waals surface area contributed by atoms with Crippen molar-refractivity contribution in [2.24, 2.45) is 0 Å². The quantitative estimate of drug-likeness (QED) is 0.468. The van der Waals surface area contributed by atoms with Crippen LogP contribution in [0, 0.1) is 0 Å². The second-order valence-electron chi connectivity index (χ2n) is 2.03. The molecule has 0 N–H and O–H groups in total. The van der Waals surface area contributed by atoms with Crippen molar-refractivity contribution < 1.29 is 13.9 Å². The Morgan fingerprint density at radius 3 is 2.10 bits per heavy atom.